The molecular weight excluding hydrogens is 260 g/mol. The normalized spacial score (nSPS) is 18.6. The Morgan fingerprint density at radius 3 is 3.00 bits per heavy atom. The number of nitrogens with zero attached hydrogens (tertiary/aromatic N) is 3. The molecule has 0 saturated carbocycles. The lowest BCUT2D eigenvalue weighted by Crippen LogP contribution is -2.32. The van der Waals surface area contributed by atoms with Gasteiger partial charge in [0, 0.05) is 38.6 Å². The van der Waals surface area contributed by atoms with E-state index in [2.05, 4.69) is 34.2 Å². The molecule has 0 radical (unpaired) electrons. The third-order valence-electron chi connectivity index (χ3n) is 3.21. The maximum absolute atomic E-state index is 5.15. The van der Waals surface area contributed by atoms with Gasteiger partial charge in [0.2, 0.25) is 0 Å². The van der Waals surface area contributed by atoms with E-state index in [0.717, 1.165) is 24.0 Å². The Kier molecular flexibility index (Phi) is 5.27. The van der Waals surface area contributed by atoms with E-state index in [1.807, 2.05) is 17.8 Å². The Morgan fingerprint density at radius 1 is 1.53 bits per heavy atom. The summed E-state index contributed by atoms with van der Waals surface area (Å²) in [5.41, 5.74) is 0. The highest BCUT2D eigenvalue weighted by molar-refractivity contribution is 7.99. The van der Waals surface area contributed by atoms with Crippen LogP contribution in [0.3, 0.4) is 0 Å². The van der Waals surface area contributed by atoms with Gasteiger partial charge in [-0.2, -0.15) is 11.8 Å². The maximum Gasteiger partial charge on any atom is 0.158 e. The summed E-state index contributed by atoms with van der Waals surface area (Å²) in [6.45, 7) is 3.36. The van der Waals surface area contributed by atoms with Gasteiger partial charge in [-0.15, -0.1) is 0 Å². The summed E-state index contributed by atoms with van der Waals surface area (Å²) < 4.78 is 5.15. The lowest BCUT2D eigenvalue weighted by molar-refractivity contribution is 0.178. The van der Waals surface area contributed by atoms with Crippen molar-refractivity contribution in [1.29, 1.82) is 0 Å². The van der Waals surface area contributed by atoms with Crippen LogP contribution in [0.15, 0.2) is 6.07 Å². The number of thioether (sulfide) groups is 1. The highest BCUT2D eigenvalue weighted by Gasteiger charge is 2.22. The molecule has 1 aliphatic heterocycles. The van der Waals surface area contributed by atoms with Gasteiger partial charge in [0.15, 0.2) is 5.82 Å². The van der Waals surface area contributed by atoms with Crippen molar-refractivity contribution < 1.29 is 4.74 Å². The highest BCUT2D eigenvalue weighted by atomic mass is 32.2. The minimum atomic E-state index is 0.444. The van der Waals surface area contributed by atoms with Crippen LogP contribution >= 0.6 is 11.8 Å². The van der Waals surface area contributed by atoms with E-state index in [-0.39, 0.29) is 0 Å². The average Bonchev–Trinajstić information content (AvgIpc) is 2.92. The molecule has 0 spiro atoms. The standard InChI is InChI=1S/C13H22N4OS/c1-4-14-11-7-13(16-12(15-11)8-18-3)17(2)10-5-6-19-9-10/h7,10H,4-6,8-9H2,1-3H3,(H,14,15,16). The Hall–Kier alpha value is -1.01. The molecule has 1 unspecified atom stereocenters. The minimum Gasteiger partial charge on any atom is -0.377 e. The number of hydrogen-bond donors (Lipinski definition) is 1. The van der Waals surface area contributed by atoms with Gasteiger partial charge in [0.25, 0.3) is 0 Å². The number of rotatable bonds is 6. The summed E-state index contributed by atoms with van der Waals surface area (Å²) in [5.74, 6) is 5.00. The molecule has 0 bridgehead atoms. The smallest absolute Gasteiger partial charge is 0.158 e. The van der Waals surface area contributed by atoms with Crippen molar-refractivity contribution >= 4 is 23.4 Å². The number of hydrogen-bond acceptors (Lipinski definition) is 6. The SMILES string of the molecule is CCNc1cc(N(C)C2CCSC2)nc(COC)n1. The van der Waals surface area contributed by atoms with Gasteiger partial charge in [-0.3, -0.25) is 0 Å². The molecule has 1 N–H and O–H groups in total. The van der Waals surface area contributed by atoms with E-state index in [0.29, 0.717) is 12.6 Å². The molecule has 1 aromatic heterocycles. The number of nitrogens with one attached hydrogen (secondary N) is 1. The maximum atomic E-state index is 5.15. The van der Waals surface area contributed by atoms with E-state index in [9.17, 15) is 0 Å². The molecule has 2 rings (SSSR count). The molecule has 2 heterocycles. The zero-order valence-electron chi connectivity index (χ0n) is 11.8. The minimum absolute atomic E-state index is 0.444. The van der Waals surface area contributed by atoms with Crippen LogP contribution in [-0.2, 0) is 11.3 Å². The quantitative estimate of drug-likeness (QED) is 0.861. The van der Waals surface area contributed by atoms with Crippen LogP contribution in [0.2, 0.25) is 0 Å². The molecule has 0 aromatic carbocycles. The van der Waals surface area contributed by atoms with E-state index in [4.69, 9.17) is 4.74 Å². The van der Waals surface area contributed by atoms with Gasteiger partial charge in [-0.1, -0.05) is 0 Å². The second kappa shape index (κ2) is 6.96. The molecule has 5 nitrogen and oxygen atoms in total. The number of methoxy groups -OCH3 is 1. The molecule has 1 atom stereocenters. The van der Waals surface area contributed by atoms with Crippen LogP contribution in [0.4, 0.5) is 11.6 Å². The fraction of sp³-hybridized carbons (Fsp3) is 0.692. The van der Waals surface area contributed by atoms with Crippen molar-refractivity contribution in [3.63, 3.8) is 0 Å². The topological polar surface area (TPSA) is 50.3 Å². The van der Waals surface area contributed by atoms with Crippen LogP contribution in [0, 0.1) is 0 Å². The molecule has 0 amide bonds. The van der Waals surface area contributed by atoms with Gasteiger partial charge in [-0.05, 0) is 19.1 Å². The highest BCUT2D eigenvalue weighted by Crippen LogP contribution is 2.26. The molecule has 106 valence electrons. The van der Waals surface area contributed by atoms with E-state index in [1.165, 1.54) is 17.9 Å². The second-order valence-electron chi connectivity index (χ2n) is 4.62. The van der Waals surface area contributed by atoms with Crippen LogP contribution < -0.4 is 10.2 Å². The molecule has 19 heavy (non-hydrogen) atoms. The van der Waals surface area contributed by atoms with Crippen molar-refractivity contribution in [3.8, 4) is 0 Å². The van der Waals surface area contributed by atoms with E-state index in [1.54, 1.807) is 7.11 Å². The zero-order valence-corrected chi connectivity index (χ0v) is 12.7. The first-order chi connectivity index (χ1) is 9.24. The summed E-state index contributed by atoms with van der Waals surface area (Å²) in [6, 6.07) is 2.59. The Balaban J connectivity index is 2.21. The molecule has 1 aromatic rings. The lowest BCUT2D eigenvalue weighted by Gasteiger charge is -2.25. The predicted octanol–water partition coefficient (Wildman–Crippen LogP) is 2.00. The Morgan fingerprint density at radius 2 is 2.37 bits per heavy atom. The summed E-state index contributed by atoms with van der Waals surface area (Å²) in [5, 5.41) is 3.25. The third-order valence-corrected chi connectivity index (χ3v) is 4.35. The average molecular weight is 282 g/mol. The first-order valence-electron chi connectivity index (χ1n) is 6.66. The molecular formula is C13H22N4OS. The van der Waals surface area contributed by atoms with Crippen molar-refractivity contribution in [1.82, 2.24) is 9.97 Å². The van der Waals surface area contributed by atoms with Crippen LogP contribution in [0.25, 0.3) is 0 Å². The van der Waals surface area contributed by atoms with Crippen LogP contribution in [-0.4, -0.2) is 48.2 Å². The monoisotopic (exact) mass is 282 g/mol. The fourth-order valence-corrected chi connectivity index (χ4v) is 3.41. The van der Waals surface area contributed by atoms with Gasteiger partial charge >= 0.3 is 0 Å². The lowest BCUT2D eigenvalue weighted by atomic mass is 10.2. The van der Waals surface area contributed by atoms with Crippen molar-refractivity contribution in [2.24, 2.45) is 0 Å². The molecule has 1 aliphatic rings. The fourth-order valence-electron chi connectivity index (χ4n) is 2.14. The number of anilines is 2. The number of aromatic nitrogens is 2. The van der Waals surface area contributed by atoms with Crippen molar-refractivity contribution in [3.05, 3.63) is 11.9 Å². The van der Waals surface area contributed by atoms with Gasteiger partial charge in [0.1, 0.15) is 18.2 Å². The largest absolute Gasteiger partial charge is 0.377 e. The van der Waals surface area contributed by atoms with Gasteiger partial charge in [-0.25, -0.2) is 9.97 Å². The summed E-state index contributed by atoms with van der Waals surface area (Å²) in [6.07, 6.45) is 1.22. The first kappa shape index (κ1) is 14.4. The van der Waals surface area contributed by atoms with E-state index < -0.39 is 0 Å². The van der Waals surface area contributed by atoms with Gasteiger partial charge < -0.3 is 15.0 Å². The predicted molar refractivity (Wildman–Crippen MR) is 81.0 cm³/mol. The van der Waals surface area contributed by atoms with Gasteiger partial charge in [0.05, 0.1) is 0 Å². The van der Waals surface area contributed by atoms with Crippen LogP contribution in [0.5, 0.6) is 0 Å². The molecule has 6 heteroatoms. The molecule has 0 aliphatic carbocycles. The van der Waals surface area contributed by atoms with Crippen molar-refractivity contribution in [2.75, 3.05) is 42.4 Å². The molecule has 1 fully saturated rings. The molecule has 1 saturated heterocycles. The third kappa shape index (κ3) is 3.73. The Labute approximate surface area is 119 Å². The summed E-state index contributed by atoms with van der Waals surface area (Å²) >= 11 is 2.01. The zero-order chi connectivity index (χ0) is 13.7. The second-order valence-corrected chi connectivity index (χ2v) is 5.77. The summed E-state index contributed by atoms with van der Waals surface area (Å²) in [7, 11) is 3.78. The van der Waals surface area contributed by atoms with Crippen LogP contribution in [0.1, 0.15) is 19.2 Å². The first-order valence-corrected chi connectivity index (χ1v) is 7.81. The Bertz CT molecular complexity index is 385. The number of ether oxygens (including phenoxy) is 1. The van der Waals surface area contributed by atoms with E-state index >= 15 is 0 Å². The summed E-state index contributed by atoms with van der Waals surface area (Å²) in [4.78, 5) is 11.3. The van der Waals surface area contributed by atoms with Crippen molar-refractivity contribution in [2.45, 2.75) is 26.0 Å².